The van der Waals surface area contributed by atoms with Crippen LogP contribution in [-0.4, -0.2) is 30.7 Å². The molecule has 2 aromatic rings. The first kappa shape index (κ1) is 24.3. The molecule has 0 spiro atoms. The van der Waals surface area contributed by atoms with Crippen LogP contribution in [0.2, 0.25) is 0 Å². The number of hydrogen-bond donors (Lipinski definition) is 0. The van der Waals surface area contributed by atoms with Crippen molar-refractivity contribution in [2.75, 3.05) is 19.6 Å². The Hall–Kier alpha value is -2.33. The molecule has 0 atom stereocenters. The van der Waals surface area contributed by atoms with Crippen LogP contribution in [0.3, 0.4) is 0 Å². The Labute approximate surface area is 190 Å². The summed E-state index contributed by atoms with van der Waals surface area (Å²) in [5.74, 6) is 0.752. The van der Waals surface area contributed by atoms with E-state index in [0.717, 1.165) is 50.4 Å². The van der Waals surface area contributed by atoms with E-state index in [-0.39, 0.29) is 5.57 Å². The quantitative estimate of drug-likeness (QED) is 0.286. The van der Waals surface area contributed by atoms with Gasteiger partial charge >= 0.3 is 6.18 Å². The maximum atomic E-state index is 13.4. The monoisotopic (exact) mass is 441 g/mol. The fourth-order valence-corrected chi connectivity index (χ4v) is 4.51. The zero-order chi connectivity index (χ0) is 23.0. The maximum Gasteiger partial charge on any atom is 0.416 e. The highest BCUT2D eigenvalue weighted by molar-refractivity contribution is 5.81. The second-order valence-electron chi connectivity index (χ2n) is 8.88. The zero-order valence-electron chi connectivity index (χ0n) is 19.0. The summed E-state index contributed by atoms with van der Waals surface area (Å²) in [5.41, 5.74) is 2.34. The number of aryl methyl sites for hydroxylation is 1. The van der Waals surface area contributed by atoms with Gasteiger partial charge in [-0.3, -0.25) is 0 Å². The molecule has 0 amide bonds. The van der Waals surface area contributed by atoms with Crippen LogP contribution in [0.4, 0.5) is 13.2 Å². The normalized spacial score (nSPS) is 16.3. The van der Waals surface area contributed by atoms with Gasteiger partial charge in [-0.2, -0.15) is 13.2 Å². The highest BCUT2D eigenvalue weighted by Gasteiger charge is 2.34. The molecule has 0 aromatic heterocycles. The van der Waals surface area contributed by atoms with Crippen LogP contribution in [-0.2, 0) is 6.42 Å². The Morgan fingerprint density at radius 1 is 1.00 bits per heavy atom. The number of piperidine rings is 1. The van der Waals surface area contributed by atoms with Gasteiger partial charge in [0.1, 0.15) is 0 Å². The highest BCUT2D eigenvalue weighted by atomic mass is 19.4. The number of halogens is 3. The number of benzene rings is 2. The Bertz CT molecular complexity index is 890. The number of allylic oxidation sites excluding steroid dienone is 3. The van der Waals surface area contributed by atoms with Gasteiger partial charge < -0.3 is 4.90 Å². The summed E-state index contributed by atoms with van der Waals surface area (Å²) in [5, 5.41) is 0. The number of unbranched alkanes of at least 4 members (excludes halogenated alkanes) is 2. The highest BCUT2D eigenvalue weighted by Crippen LogP contribution is 2.36. The van der Waals surface area contributed by atoms with E-state index in [1.807, 2.05) is 19.1 Å². The van der Waals surface area contributed by atoms with Crippen molar-refractivity contribution in [3.05, 3.63) is 89.5 Å². The topological polar surface area (TPSA) is 3.24 Å². The van der Waals surface area contributed by atoms with E-state index in [4.69, 9.17) is 0 Å². The van der Waals surface area contributed by atoms with Crippen molar-refractivity contribution < 1.29 is 13.2 Å². The molecule has 1 heterocycles. The van der Waals surface area contributed by atoms with Crippen molar-refractivity contribution in [2.24, 2.45) is 5.92 Å². The van der Waals surface area contributed by atoms with Gasteiger partial charge in [0.2, 0.25) is 0 Å². The van der Waals surface area contributed by atoms with Crippen molar-refractivity contribution in [3.8, 4) is 0 Å². The number of nitrogens with zero attached hydrogens (tertiary/aromatic N) is 1. The third-order valence-electron chi connectivity index (χ3n) is 6.45. The molecule has 172 valence electrons. The summed E-state index contributed by atoms with van der Waals surface area (Å²) >= 11 is 0. The molecule has 1 fully saturated rings. The van der Waals surface area contributed by atoms with Crippen LogP contribution in [0, 0.1) is 12.8 Å². The summed E-state index contributed by atoms with van der Waals surface area (Å²) in [6.07, 6.45) is 3.41. The molecule has 1 saturated heterocycles. The van der Waals surface area contributed by atoms with Crippen LogP contribution < -0.4 is 0 Å². The minimum absolute atomic E-state index is 0.220. The Morgan fingerprint density at radius 3 is 2.31 bits per heavy atom. The molecule has 0 N–H and O–H groups in total. The van der Waals surface area contributed by atoms with Crippen molar-refractivity contribution in [3.63, 3.8) is 0 Å². The second kappa shape index (κ2) is 11.5. The van der Waals surface area contributed by atoms with E-state index in [0.29, 0.717) is 12.0 Å². The summed E-state index contributed by atoms with van der Waals surface area (Å²) in [7, 11) is 0. The lowest BCUT2D eigenvalue weighted by molar-refractivity contribution is -0.0867. The first-order chi connectivity index (χ1) is 15.3. The van der Waals surface area contributed by atoms with Crippen molar-refractivity contribution in [1.82, 2.24) is 4.90 Å². The standard InChI is InChI=1S/C28H34F3N/c1-22-11-8-9-14-26(22)27(23(2)28(29,30)31)15-7-4-10-18-32-19-16-25(17-20-32)21-24-12-5-3-6-13-24/h3,5-6,8-9,11-15,25H,2,4,7,10,16-21H2,1H3/b27-15-. The lowest BCUT2D eigenvalue weighted by Crippen LogP contribution is -2.35. The number of hydrogen-bond acceptors (Lipinski definition) is 1. The van der Waals surface area contributed by atoms with Crippen LogP contribution in [0.5, 0.6) is 0 Å². The molecule has 1 aliphatic rings. The first-order valence-electron chi connectivity index (χ1n) is 11.6. The molecule has 4 heteroatoms. The van der Waals surface area contributed by atoms with Crippen molar-refractivity contribution in [1.29, 1.82) is 0 Å². The Kier molecular flexibility index (Phi) is 8.75. The molecule has 0 aliphatic carbocycles. The third kappa shape index (κ3) is 7.09. The molecule has 0 radical (unpaired) electrons. The molecular formula is C28H34F3N. The largest absolute Gasteiger partial charge is 0.416 e. The van der Waals surface area contributed by atoms with Gasteiger partial charge in [-0.25, -0.2) is 0 Å². The number of alkyl halides is 3. The molecule has 0 unspecified atom stereocenters. The maximum absolute atomic E-state index is 13.4. The third-order valence-corrected chi connectivity index (χ3v) is 6.45. The van der Waals surface area contributed by atoms with Crippen molar-refractivity contribution >= 4 is 5.57 Å². The molecule has 2 aromatic carbocycles. The van der Waals surface area contributed by atoms with Crippen LogP contribution in [0.1, 0.15) is 48.8 Å². The Morgan fingerprint density at radius 2 is 1.66 bits per heavy atom. The fourth-order valence-electron chi connectivity index (χ4n) is 4.51. The predicted octanol–water partition coefficient (Wildman–Crippen LogP) is 7.62. The summed E-state index contributed by atoms with van der Waals surface area (Å²) < 4.78 is 40.1. The smallest absolute Gasteiger partial charge is 0.303 e. The number of likely N-dealkylation sites (tertiary alicyclic amines) is 1. The van der Waals surface area contributed by atoms with E-state index in [1.54, 1.807) is 18.2 Å². The summed E-state index contributed by atoms with van der Waals surface area (Å²) in [6, 6.07) is 17.9. The minimum Gasteiger partial charge on any atom is -0.303 e. The van der Waals surface area contributed by atoms with E-state index < -0.39 is 11.7 Å². The van der Waals surface area contributed by atoms with Crippen molar-refractivity contribution in [2.45, 2.75) is 51.6 Å². The molecular weight excluding hydrogens is 407 g/mol. The molecule has 0 bridgehead atoms. The van der Waals surface area contributed by atoms with E-state index in [1.165, 1.54) is 18.4 Å². The van der Waals surface area contributed by atoms with Gasteiger partial charge in [-0.1, -0.05) is 67.3 Å². The summed E-state index contributed by atoms with van der Waals surface area (Å²) in [6.45, 7) is 8.45. The molecule has 32 heavy (non-hydrogen) atoms. The lowest BCUT2D eigenvalue weighted by Gasteiger charge is -2.32. The average molecular weight is 442 g/mol. The Balaban J connectivity index is 1.45. The molecule has 1 aliphatic heterocycles. The van der Waals surface area contributed by atoms with Gasteiger partial charge in [-0.05, 0) is 93.3 Å². The fraction of sp³-hybridized carbons (Fsp3) is 0.429. The van der Waals surface area contributed by atoms with Gasteiger partial charge in [0.15, 0.2) is 0 Å². The first-order valence-corrected chi connectivity index (χ1v) is 11.6. The SMILES string of the molecule is C=C(/C(=C/CCCCN1CCC(Cc2ccccc2)CC1)c1ccccc1C)C(F)(F)F. The second-order valence-corrected chi connectivity index (χ2v) is 8.88. The van der Waals surface area contributed by atoms with E-state index >= 15 is 0 Å². The lowest BCUT2D eigenvalue weighted by atomic mass is 9.90. The minimum atomic E-state index is -4.42. The van der Waals surface area contributed by atoms with Gasteiger partial charge in [0.05, 0.1) is 5.57 Å². The van der Waals surface area contributed by atoms with E-state index in [9.17, 15) is 13.2 Å². The van der Waals surface area contributed by atoms with Gasteiger partial charge in [-0.15, -0.1) is 0 Å². The van der Waals surface area contributed by atoms with Gasteiger partial charge in [0.25, 0.3) is 0 Å². The average Bonchev–Trinajstić information content (AvgIpc) is 2.78. The van der Waals surface area contributed by atoms with E-state index in [2.05, 4.69) is 41.8 Å². The van der Waals surface area contributed by atoms with Crippen LogP contribution >= 0.6 is 0 Å². The van der Waals surface area contributed by atoms with Crippen LogP contribution in [0.15, 0.2) is 72.8 Å². The van der Waals surface area contributed by atoms with Crippen LogP contribution in [0.25, 0.3) is 5.57 Å². The summed E-state index contributed by atoms with van der Waals surface area (Å²) in [4.78, 5) is 2.50. The molecule has 1 nitrogen and oxygen atoms in total. The predicted molar refractivity (Wildman–Crippen MR) is 128 cm³/mol. The zero-order valence-corrected chi connectivity index (χ0v) is 19.0. The molecule has 0 saturated carbocycles. The molecule has 3 rings (SSSR count). The van der Waals surface area contributed by atoms with Gasteiger partial charge in [0, 0.05) is 0 Å². The number of rotatable bonds is 9.